The van der Waals surface area contributed by atoms with Crippen LogP contribution in [-0.4, -0.2) is 18.2 Å². The van der Waals surface area contributed by atoms with Crippen molar-refractivity contribution < 1.29 is 0 Å². The maximum Gasteiger partial charge on any atom is 0.166 e. The highest BCUT2D eigenvalue weighted by molar-refractivity contribution is 7.80. The van der Waals surface area contributed by atoms with Gasteiger partial charge in [-0.05, 0) is 42.8 Å². The first-order valence-corrected chi connectivity index (χ1v) is 6.77. The van der Waals surface area contributed by atoms with E-state index < -0.39 is 0 Å². The molecule has 4 heteroatoms. The molecule has 0 fully saturated rings. The number of hydrogen-bond acceptors (Lipinski definition) is 1. The number of unbranched alkanes of at least 4 members (excludes halogenated alkanes) is 1. The molecule has 1 aromatic rings. The van der Waals surface area contributed by atoms with Gasteiger partial charge in [0.2, 0.25) is 0 Å². The van der Waals surface area contributed by atoms with Crippen LogP contribution in [-0.2, 0) is 6.42 Å². The summed E-state index contributed by atoms with van der Waals surface area (Å²) in [6.45, 7) is 3.94. The first-order valence-electron chi connectivity index (χ1n) is 5.98. The Labute approximate surface area is 114 Å². The Morgan fingerprint density at radius 1 is 1.29 bits per heavy atom. The fraction of sp³-hybridized carbons (Fsp3) is 0.462. The maximum absolute atomic E-state index is 5.91. The van der Waals surface area contributed by atoms with Gasteiger partial charge in [-0.15, -0.1) is 0 Å². The van der Waals surface area contributed by atoms with Gasteiger partial charge in [0.15, 0.2) is 5.11 Å². The van der Waals surface area contributed by atoms with Crippen LogP contribution in [0.5, 0.6) is 0 Å². The molecular weight excluding hydrogens is 252 g/mol. The predicted octanol–water partition coefficient (Wildman–Crippen LogP) is 3.15. The number of halogens is 1. The molecular formula is C13H19ClN2S. The molecule has 0 amide bonds. The Morgan fingerprint density at radius 3 is 2.76 bits per heavy atom. The van der Waals surface area contributed by atoms with Crippen molar-refractivity contribution in [1.29, 1.82) is 0 Å². The van der Waals surface area contributed by atoms with E-state index in [2.05, 4.69) is 23.6 Å². The first-order chi connectivity index (χ1) is 8.22. The molecule has 0 aliphatic rings. The lowest BCUT2D eigenvalue weighted by atomic mass is 10.1. The van der Waals surface area contributed by atoms with E-state index >= 15 is 0 Å². The highest BCUT2D eigenvalue weighted by Crippen LogP contribution is 2.10. The second-order valence-electron chi connectivity index (χ2n) is 3.92. The molecule has 0 aliphatic carbocycles. The van der Waals surface area contributed by atoms with Crippen LogP contribution in [0.2, 0.25) is 5.02 Å². The molecule has 0 aliphatic heterocycles. The van der Waals surface area contributed by atoms with Crippen LogP contribution in [0, 0.1) is 0 Å². The van der Waals surface area contributed by atoms with Gasteiger partial charge in [-0.2, -0.15) is 0 Å². The van der Waals surface area contributed by atoms with Gasteiger partial charge < -0.3 is 10.6 Å². The first kappa shape index (κ1) is 14.3. The second kappa shape index (κ2) is 8.31. The van der Waals surface area contributed by atoms with Crippen molar-refractivity contribution >= 4 is 28.9 Å². The molecule has 2 N–H and O–H groups in total. The van der Waals surface area contributed by atoms with E-state index in [0.29, 0.717) is 0 Å². The van der Waals surface area contributed by atoms with Crippen molar-refractivity contribution in [2.45, 2.75) is 26.2 Å². The van der Waals surface area contributed by atoms with Gasteiger partial charge in [0, 0.05) is 18.1 Å². The minimum absolute atomic E-state index is 0.737. The fourth-order valence-corrected chi connectivity index (χ4v) is 1.87. The van der Waals surface area contributed by atoms with E-state index in [0.717, 1.165) is 36.1 Å². The minimum atomic E-state index is 0.737. The Balaban J connectivity index is 2.17. The summed E-state index contributed by atoms with van der Waals surface area (Å²) < 4.78 is 0. The summed E-state index contributed by atoms with van der Waals surface area (Å²) in [4.78, 5) is 0. The average molecular weight is 271 g/mol. The second-order valence-corrected chi connectivity index (χ2v) is 4.76. The standard InChI is InChI=1S/C13H19ClN2S/c1-2-3-8-15-13(17)16-9-7-11-5-4-6-12(14)10-11/h4-6,10H,2-3,7-9H2,1H3,(H2,15,16,17). The summed E-state index contributed by atoms with van der Waals surface area (Å²) in [7, 11) is 0. The van der Waals surface area contributed by atoms with E-state index in [1.165, 1.54) is 12.0 Å². The van der Waals surface area contributed by atoms with Crippen LogP contribution >= 0.6 is 23.8 Å². The van der Waals surface area contributed by atoms with Crippen molar-refractivity contribution in [1.82, 2.24) is 10.6 Å². The van der Waals surface area contributed by atoms with E-state index in [1.807, 2.05) is 18.2 Å². The van der Waals surface area contributed by atoms with Crippen molar-refractivity contribution in [2.75, 3.05) is 13.1 Å². The Kier molecular flexibility index (Phi) is 6.97. The topological polar surface area (TPSA) is 24.1 Å². The summed E-state index contributed by atoms with van der Waals surface area (Å²) in [5.41, 5.74) is 1.22. The fourth-order valence-electron chi connectivity index (χ4n) is 1.45. The van der Waals surface area contributed by atoms with Gasteiger partial charge in [0.05, 0.1) is 0 Å². The smallest absolute Gasteiger partial charge is 0.166 e. The zero-order valence-electron chi connectivity index (χ0n) is 10.1. The molecule has 17 heavy (non-hydrogen) atoms. The molecule has 0 unspecified atom stereocenters. The Bertz CT molecular complexity index is 355. The SMILES string of the molecule is CCCCNC(=S)NCCc1cccc(Cl)c1. The van der Waals surface area contributed by atoms with Crippen LogP contribution in [0.1, 0.15) is 25.3 Å². The van der Waals surface area contributed by atoms with E-state index in [1.54, 1.807) is 0 Å². The predicted molar refractivity (Wildman–Crippen MR) is 78.7 cm³/mol. The van der Waals surface area contributed by atoms with E-state index in [9.17, 15) is 0 Å². The van der Waals surface area contributed by atoms with Gasteiger partial charge in [0.1, 0.15) is 0 Å². The van der Waals surface area contributed by atoms with Crippen LogP contribution in [0.3, 0.4) is 0 Å². The van der Waals surface area contributed by atoms with E-state index in [-0.39, 0.29) is 0 Å². The highest BCUT2D eigenvalue weighted by atomic mass is 35.5. The molecule has 0 atom stereocenters. The average Bonchev–Trinajstić information content (AvgIpc) is 2.29. The summed E-state index contributed by atoms with van der Waals surface area (Å²) in [6, 6.07) is 7.91. The molecule has 0 spiro atoms. The molecule has 1 aromatic carbocycles. The van der Waals surface area contributed by atoms with Gasteiger partial charge in [-0.1, -0.05) is 37.1 Å². The third-order valence-electron chi connectivity index (χ3n) is 2.40. The van der Waals surface area contributed by atoms with E-state index in [4.69, 9.17) is 23.8 Å². The number of benzene rings is 1. The third-order valence-corrected chi connectivity index (χ3v) is 2.93. The summed E-state index contributed by atoms with van der Waals surface area (Å²) in [6.07, 6.45) is 3.25. The van der Waals surface area contributed by atoms with Gasteiger partial charge in [0.25, 0.3) is 0 Å². The van der Waals surface area contributed by atoms with Crippen LogP contribution in [0.15, 0.2) is 24.3 Å². The number of nitrogens with one attached hydrogen (secondary N) is 2. The van der Waals surface area contributed by atoms with Crippen LogP contribution < -0.4 is 10.6 Å². The van der Waals surface area contributed by atoms with Crippen molar-refractivity contribution in [3.63, 3.8) is 0 Å². The molecule has 2 nitrogen and oxygen atoms in total. The quantitative estimate of drug-likeness (QED) is 0.613. The van der Waals surface area contributed by atoms with Crippen molar-refractivity contribution in [3.05, 3.63) is 34.9 Å². The zero-order chi connectivity index (χ0) is 12.5. The Morgan fingerprint density at radius 2 is 2.06 bits per heavy atom. The van der Waals surface area contributed by atoms with Gasteiger partial charge in [-0.3, -0.25) is 0 Å². The molecule has 0 saturated carbocycles. The summed E-state index contributed by atoms with van der Waals surface area (Å²) >= 11 is 11.1. The summed E-state index contributed by atoms with van der Waals surface area (Å²) in [5.74, 6) is 0. The lowest BCUT2D eigenvalue weighted by Crippen LogP contribution is -2.36. The number of rotatable bonds is 6. The molecule has 0 aromatic heterocycles. The third kappa shape index (κ3) is 6.49. The highest BCUT2D eigenvalue weighted by Gasteiger charge is 1.96. The normalized spacial score (nSPS) is 10.0. The largest absolute Gasteiger partial charge is 0.363 e. The Hall–Kier alpha value is -0.800. The number of thiocarbonyl (C=S) groups is 1. The van der Waals surface area contributed by atoms with Crippen molar-refractivity contribution in [2.24, 2.45) is 0 Å². The van der Waals surface area contributed by atoms with Crippen LogP contribution in [0.25, 0.3) is 0 Å². The molecule has 0 bridgehead atoms. The zero-order valence-corrected chi connectivity index (χ0v) is 11.7. The maximum atomic E-state index is 5.91. The lowest BCUT2D eigenvalue weighted by Gasteiger charge is -2.10. The molecule has 0 radical (unpaired) electrons. The molecule has 0 saturated heterocycles. The van der Waals surface area contributed by atoms with Gasteiger partial charge >= 0.3 is 0 Å². The van der Waals surface area contributed by atoms with Crippen LogP contribution in [0.4, 0.5) is 0 Å². The monoisotopic (exact) mass is 270 g/mol. The minimum Gasteiger partial charge on any atom is -0.363 e. The number of hydrogen-bond donors (Lipinski definition) is 2. The molecule has 94 valence electrons. The molecule has 1 rings (SSSR count). The lowest BCUT2D eigenvalue weighted by molar-refractivity contribution is 0.737. The molecule has 0 heterocycles. The van der Waals surface area contributed by atoms with Gasteiger partial charge in [-0.25, -0.2) is 0 Å². The van der Waals surface area contributed by atoms with Crippen molar-refractivity contribution in [3.8, 4) is 0 Å². The summed E-state index contributed by atoms with van der Waals surface area (Å²) in [5, 5.41) is 7.88.